The lowest BCUT2D eigenvalue weighted by Gasteiger charge is -2.11. The number of nitrogens with two attached hydrogens (primary N) is 2. The summed E-state index contributed by atoms with van der Waals surface area (Å²) < 4.78 is 2.25. The lowest BCUT2D eigenvalue weighted by molar-refractivity contribution is 0.805. The summed E-state index contributed by atoms with van der Waals surface area (Å²) in [6.45, 7) is 2.80. The van der Waals surface area contributed by atoms with Crippen molar-refractivity contribution in [3.8, 4) is 17.2 Å². The molecule has 0 radical (unpaired) electrons. The number of aromatic nitrogens is 3. The minimum atomic E-state index is 0.177. The molecule has 0 saturated heterocycles. The first-order valence-corrected chi connectivity index (χ1v) is 9.95. The van der Waals surface area contributed by atoms with Gasteiger partial charge in [0.25, 0.3) is 0 Å². The monoisotopic (exact) mass is 404 g/mol. The molecule has 0 atom stereocenters. The van der Waals surface area contributed by atoms with E-state index in [9.17, 15) is 5.26 Å². The van der Waals surface area contributed by atoms with E-state index < -0.39 is 0 Å². The van der Waals surface area contributed by atoms with Crippen molar-refractivity contribution in [3.63, 3.8) is 0 Å². The molecule has 0 aliphatic rings. The number of fused-ring (bicyclic) bond motifs is 3. The summed E-state index contributed by atoms with van der Waals surface area (Å²) >= 11 is 0. The highest BCUT2D eigenvalue weighted by Crippen LogP contribution is 2.31. The minimum Gasteiger partial charge on any atom is -0.383 e. The van der Waals surface area contributed by atoms with Gasteiger partial charge in [0.15, 0.2) is 0 Å². The van der Waals surface area contributed by atoms with Gasteiger partial charge in [0.1, 0.15) is 5.82 Å². The van der Waals surface area contributed by atoms with E-state index in [1.165, 1.54) is 5.56 Å². The van der Waals surface area contributed by atoms with Gasteiger partial charge in [-0.3, -0.25) is 0 Å². The Morgan fingerprint density at radius 1 is 0.935 bits per heavy atom. The SMILES string of the molecule is Cc1cc2c3nc(N)nc(N)c3ccc2n1Cc1ccc(-c2ccccc2C#N)cc1. The highest BCUT2D eigenvalue weighted by Gasteiger charge is 2.13. The largest absolute Gasteiger partial charge is 0.383 e. The first-order chi connectivity index (χ1) is 15.0. The van der Waals surface area contributed by atoms with Crippen LogP contribution >= 0.6 is 0 Å². The van der Waals surface area contributed by atoms with Crippen LogP contribution in [0.2, 0.25) is 0 Å². The summed E-state index contributed by atoms with van der Waals surface area (Å²) in [4.78, 5) is 8.50. The quantitative estimate of drug-likeness (QED) is 0.455. The summed E-state index contributed by atoms with van der Waals surface area (Å²) in [5.41, 5.74) is 18.7. The number of rotatable bonds is 3. The van der Waals surface area contributed by atoms with E-state index in [0.29, 0.717) is 11.4 Å². The Balaban J connectivity index is 1.54. The smallest absolute Gasteiger partial charge is 0.222 e. The van der Waals surface area contributed by atoms with E-state index >= 15 is 0 Å². The van der Waals surface area contributed by atoms with Crippen LogP contribution in [0.3, 0.4) is 0 Å². The number of aryl methyl sites for hydroxylation is 1. The molecule has 0 bridgehead atoms. The van der Waals surface area contributed by atoms with Gasteiger partial charge in [-0.25, -0.2) is 4.98 Å². The van der Waals surface area contributed by atoms with Crippen LogP contribution in [0, 0.1) is 18.3 Å². The average molecular weight is 404 g/mol. The normalized spacial score (nSPS) is 11.1. The van der Waals surface area contributed by atoms with Crippen molar-refractivity contribution in [1.82, 2.24) is 14.5 Å². The van der Waals surface area contributed by atoms with Crippen molar-refractivity contribution in [2.45, 2.75) is 13.5 Å². The zero-order valence-electron chi connectivity index (χ0n) is 17.0. The maximum absolute atomic E-state index is 9.37. The lowest BCUT2D eigenvalue weighted by atomic mass is 9.99. The topological polar surface area (TPSA) is 107 Å². The number of benzene rings is 3. The average Bonchev–Trinajstić information content (AvgIpc) is 3.10. The van der Waals surface area contributed by atoms with Gasteiger partial charge in [-0.15, -0.1) is 0 Å². The van der Waals surface area contributed by atoms with Gasteiger partial charge in [-0.2, -0.15) is 10.2 Å². The van der Waals surface area contributed by atoms with Gasteiger partial charge >= 0.3 is 0 Å². The Morgan fingerprint density at radius 3 is 2.48 bits per heavy atom. The van der Waals surface area contributed by atoms with Crippen LogP contribution in [0.25, 0.3) is 32.9 Å². The van der Waals surface area contributed by atoms with Crippen LogP contribution in [0.1, 0.15) is 16.8 Å². The van der Waals surface area contributed by atoms with E-state index in [-0.39, 0.29) is 5.95 Å². The highest BCUT2D eigenvalue weighted by atomic mass is 15.0. The molecule has 0 saturated carbocycles. The molecule has 6 nitrogen and oxygen atoms in total. The third kappa shape index (κ3) is 3.13. The molecule has 0 aliphatic heterocycles. The molecule has 5 aromatic rings. The highest BCUT2D eigenvalue weighted by molar-refractivity contribution is 6.08. The van der Waals surface area contributed by atoms with Crippen LogP contribution in [-0.2, 0) is 6.54 Å². The van der Waals surface area contributed by atoms with Crippen molar-refractivity contribution < 1.29 is 0 Å². The number of nitrogens with zero attached hydrogens (tertiary/aromatic N) is 4. The maximum atomic E-state index is 9.37. The summed E-state index contributed by atoms with van der Waals surface area (Å²) in [6, 6.07) is 24.4. The molecule has 5 rings (SSSR count). The summed E-state index contributed by atoms with van der Waals surface area (Å²) in [5, 5.41) is 11.2. The zero-order chi connectivity index (χ0) is 21.5. The second-order valence-electron chi connectivity index (χ2n) is 7.59. The molecule has 4 N–H and O–H groups in total. The van der Waals surface area contributed by atoms with Crippen molar-refractivity contribution in [1.29, 1.82) is 5.26 Å². The van der Waals surface area contributed by atoms with E-state index in [0.717, 1.165) is 45.2 Å². The third-order valence-corrected chi connectivity index (χ3v) is 5.65. The maximum Gasteiger partial charge on any atom is 0.222 e. The molecule has 0 unspecified atom stereocenters. The minimum absolute atomic E-state index is 0.177. The predicted molar refractivity (Wildman–Crippen MR) is 124 cm³/mol. The summed E-state index contributed by atoms with van der Waals surface area (Å²) in [6.07, 6.45) is 0. The Kier molecular flexibility index (Phi) is 4.30. The molecular formula is C25H20N6. The number of nitriles is 1. The molecule has 150 valence electrons. The van der Waals surface area contributed by atoms with Crippen molar-refractivity contribution in [2.24, 2.45) is 0 Å². The first kappa shape index (κ1) is 18.6. The predicted octanol–water partition coefficient (Wildman–Crippen LogP) is 4.64. The molecule has 0 amide bonds. The van der Waals surface area contributed by atoms with Crippen molar-refractivity contribution in [2.75, 3.05) is 11.5 Å². The fraction of sp³-hybridized carbons (Fsp3) is 0.0800. The van der Waals surface area contributed by atoms with E-state index in [1.807, 2.05) is 30.3 Å². The van der Waals surface area contributed by atoms with E-state index in [4.69, 9.17) is 11.5 Å². The number of hydrogen-bond donors (Lipinski definition) is 2. The summed E-state index contributed by atoms with van der Waals surface area (Å²) in [7, 11) is 0. The third-order valence-electron chi connectivity index (χ3n) is 5.65. The molecule has 2 heterocycles. The fourth-order valence-electron chi connectivity index (χ4n) is 4.12. The first-order valence-electron chi connectivity index (χ1n) is 9.95. The number of anilines is 2. The molecule has 6 heteroatoms. The fourth-order valence-corrected chi connectivity index (χ4v) is 4.12. The molecule has 31 heavy (non-hydrogen) atoms. The Hall–Kier alpha value is -4.37. The lowest BCUT2D eigenvalue weighted by Crippen LogP contribution is -2.02. The molecular weight excluding hydrogens is 384 g/mol. The Labute approximate surface area is 179 Å². The molecule has 0 spiro atoms. The van der Waals surface area contributed by atoms with Crippen LogP contribution in [0.4, 0.5) is 11.8 Å². The van der Waals surface area contributed by atoms with Crippen molar-refractivity contribution in [3.05, 3.63) is 83.6 Å². The van der Waals surface area contributed by atoms with Crippen LogP contribution in [0.15, 0.2) is 66.7 Å². The summed E-state index contributed by atoms with van der Waals surface area (Å²) in [5.74, 6) is 0.569. The second-order valence-corrected chi connectivity index (χ2v) is 7.59. The second kappa shape index (κ2) is 7.15. The zero-order valence-corrected chi connectivity index (χ0v) is 17.0. The van der Waals surface area contributed by atoms with E-state index in [1.54, 1.807) is 0 Å². The molecule has 0 fully saturated rings. The Bertz CT molecular complexity index is 1490. The number of nitrogen functional groups attached to an aromatic ring is 2. The van der Waals surface area contributed by atoms with Gasteiger partial charge in [0.2, 0.25) is 5.95 Å². The van der Waals surface area contributed by atoms with Crippen molar-refractivity contribution >= 4 is 33.6 Å². The van der Waals surface area contributed by atoms with Crippen LogP contribution in [0.5, 0.6) is 0 Å². The van der Waals surface area contributed by atoms with Crippen LogP contribution in [-0.4, -0.2) is 14.5 Å². The standard InChI is InChI=1S/C25H20N6/c1-15-12-21-22(11-10-20-23(21)29-25(28)30-24(20)27)31(15)14-16-6-8-17(9-7-16)19-5-3-2-4-18(19)13-26/h2-12H,14H2,1H3,(H4,27,28,29,30). The van der Waals surface area contributed by atoms with Gasteiger partial charge < -0.3 is 16.0 Å². The Morgan fingerprint density at radius 2 is 1.71 bits per heavy atom. The molecule has 2 aromatic heterocycles. The van der Waals surface area contributed by atoms with Crippen LogP contribution < -0.4 is 11.5 Å². The van der Waals surface area contributed by atoms with Gasteiger partial charge in [-0.05, 0) is 47.9 Å². The van der Waals surface area contributed by atoms with E-state index in [2.05, 4.69) is 63.9 Å². The van der Waals surface area contributed by atoms with Gasteiger partial charge in [0.05, 0.1) is 22.7 Å². The van der Waals surface area contributed by atoms with Gasteiger partial charge in [0, 0.05) is 23.0 Å². The van der Waals surface area contributed by atoms with Gasteiger partial charge in [-0.1, -0.05) is 42.5 Å². The molecule has 0 aliphatic carbocycles. The molecule has 3 aromatic carbocycles. The number of hydrogen-bond acceptors (Lipinski definition) is 5.